The van der Waals surface area contributed by atoms with Gasteiger partial charge in [0.25, 0.3) is 5.91 Å². The van der Waals surface area contributed by atoms with Crippen molar-refractivity contribution in [2.45, 2.75) is 12.8 Å². The highest BCUT2D eigenvalue weighted by Crippen LogP contribution is 2.24. The van der Waals surface area contributed by atoms with Crippen LogP contribution < -0.4 is 0 Å². The summed E-state index contributed by atoms with van der Waals surface area (Å²) in [5, 5.41) is 2.05. The molecule has 0 spiro atoms. The molecule has 2 aromatic rings. The summed E-state index contributed by atoms with van der Waals surface area (Å²) in [7, 11) is 0. The van der Waals surface area contributed by atoms with Crippen molar-refractivity contribution in [2.75, 3.05) is 26.2 Å². The van der Waals surface area contributed by atoms with Crippen molar-refractivity contribution >= 4 is 22.6 Å². The topological polar surface area (TPSA) is 40.6 Å². The van der Waals surface area contributed by atoms with Crippen LogP contribution in [0.4, 0.5) is 0 Å². The molecule has 1 heterocycles. The fourth-order valence-corrected chi connectivity index (χ4v) is 3.74. The number of hydrogen-bond acceptors (Lipinski definition) is 2. The van der Waals surface area contributed by atoms with Gasteiger partial charge in [-0.3, -0.25) is 9.59 Å². The van der Waals surface area contributed by atoms with Gasteiger partial charge in [0.15, 0.2) is 0 Å². The lowest BCUT2D eigenvalue weighted by Gasteiger charge is -2.34. The summed E-state index contributed by atoms with van der Waals surface area (Å²) >= 11 is 0. The highest BCUT2D eigenvalue weighted by molar-refractivity contribution is 6.07. The zero-order valence-corrected chi connectivity index (χ0v) is 15.6. The summed E-state index contributed by atoms with van der Waals surface area (Å²) in [6.45, 7) is 9.71. The lowest BCUT2D eigenvalue weighted by atomic mass is 9.94. The van der Waals surface area contributed by atoms with Crippen molar-refractivity contribution in [3.05, 3.63) is 73.3 Å². The molecule has 0 radical (unpaired) electrons. The molecule has 0 bridgehead atoms. The Morgan fingerprint density at radius 1 is 1.00 bits per heavy atom. The number of benzene rings is 2. The molecular formula is C23H26N2O2. The first-order valence-electron chi connectivity index (χ1n) is 9.43. The van der Waals surface area contributed by atoms with Crippen molar-refractivity contribution in [3.63, 3.8) is 0 Å². The fraction of sp³-hybridized carbons (Fsp3) is 0.304. The number of hydrogen-bond donors (Lipinski definition) is 0. The summed E-state index contributed by atoms with van der Waals surface area (Å²) in [5.41, 5.74) is 0.734. The number of likely N-dealkylation sites (tertiary alicyclic amines) is 1. The Labute approximate surface area is 160 Å². The molecule has 0 aromatic heterocycles. The summed E-state index contributed by atoms with van der Waals surface area (Å²) < 4.78 is 0. The molecule has 0 atom stereocenters. The molecule has 4 nitrogen and oxygen atoms in total. The molecule has 1 fully saturated rings. The number of piperidine rings is 1. The standard InChI is InChI=1S/C23H26N2O2/c1-3-14-24(15-4-2)22(26)19-12-16-25(17-13-19)23(27)21-11-7-9-18-8-5-6-10-20(18)21/h3-11,19H,1-2,12-17H2. The molecule has 3 rings (SSSR count). The first-order valence-corrected chi connectivity index (χ1v) is 9.43. The monoisotopic (exact) mass is 362 g/mol. The van der Waals surface area contributed by atoms with Crippen LogP contribution in [0.1, 0.15) is 23.2 Å². The van der Waals surface area contributed by atoms with Gasteiger partial charge in [-0.25, -0.2) is 0 Å². The lowest BCUT2D eigenvalue weighted by Crippen LogP contribution is -2.44. The normalized spacial score (nSPS) is 14.7. The van der Waals surface area contributed by atoms with Crippen LogP contribution in [-0.2, 0) is 4.79 Å². The SMILES string of the molecule is C=CCN(CC=C)C(=O)C1CCN(C(=O)c2cccc3ccccc23)CC1. The lowest BCUT2D eigenvalue weighted by molar-refractivity contribution is -0.135. The van der Waals surface area contributed by atoms with Gasteiger partial charge in [0, 0.05) is 37.7 Å². The number of amides is 2. The first kappa shape index (κ1) is 18.9. The molecule has 27 heavy (non-hydrogen) atoms. The zero-order chi connectivity index (χ0) is 19.2. The largest absolute Gasteiger partial charge is 0.339 e. The number of fused-ring (bicyclic) bond motifs is 1. The smallest absolute Gasteiger partial charge is 0.254 e. The van der Waals surface area contributed by atoms with Crippen molar-refractivity contribution in [1.82, 2.24) is 9.80 Å². The Balaban J connectivity index is 1.68. The minimum absolute atomic E-state index is 0.0403. The average molecular weight is 362 g/mol. The number of rotatable bonds is 6. The zero-order valence-electron chi connectivity index (χ0n) is 15.6. The van der Waals surface area contributed by atoms with E-state index in [1.807, 2.05) is 47.4 Å². The van der Waals surface area contributed by atoms with E-state index in [2.05, 4.69) is 13.2 Å². The summed E-state index contributed by atoms with van der Waals surface area (Å²) in [4.78, 5) is 29.4. The van der Waals surface area contributed by atoms with Gasteiger partial charge in [0.05, 0.1) is 0 Å². The second-order valence-corrected chi connectivity index (χ2v) is 6.91. The predicted molar refractivity (Wildman–Crippen MR) is 110 cm³/mol. The maximum atomic E-state index is 13.0. The summed E-state index contributed by atoms with van der Waals surface area (Å²) in [6, 6.07) is 13.8. The Hall–Kier alpha value is -2.88. The van der Waals surface area contributed by atoms with E-state index in [0.717, 1.165) is 16.3 Å². The minimum Gasteiger partial charge on any atom is -0.339 e. The molecule has 0 unspecified atom stereocenters. The molecule has 1 aliphatic heterocycles. The van der Waals surface area contributed by atoms with Gasteiger partial charge in [-0.15, -0.1) is 13.2 Å². The molecular weight excluding hydrogens is 336 g/mol. The second kappa shape index (κ2) is 8.67. The van der Waals surface area contributed by atoms with E-state index in [4.69, 9.17) is 0 Å². The van der Waals surface area contributed by atoms with Crippen LogP contribution in [0.2, 0.25) is 0 Å². The Kier molecular flexibility index (Phi) is 6.07. The predicted octanol–water partition coefficient (Wildman–Crippen LogP) is 3.89. The van der Waals surface area contributed by atoms with Crippen LogP contribution in [0.3, 0.4) is 0 Å². The van der Waals surface area contributed by atoms with E-state index < -0.39 is 0 Å². The highest BCUT2D eigenvalue weighted by Gasteiger charge is 2.30. The third-order valence-corrected chi connectivity index (χ3v) is 5.16. The van der Waals surface area contributed by atoms with E-state index in [1.54, 1.807) is 17.1 Å². The molecule has 0 N–H and O–H groups in total. The summed E-state index contributed by atoms with van der Waals surface area (Å²) in [6.07, 6.45) is 4.86. The third-order valence-electron chi connectivity index (χ3n) is 5.16. The van der Waals surface area contributed by atoms with E-state index in [0.29, 0.717) is 39.0 Å². The van der Waals surface area contributed by atoms with Crippen LogP contribution in [0.5, 0.6) is 0 Å². The van der Waals surface area contributed by atoms with Gasteiger partial charge in [-0.2, -0.15) is 0 Å². The second-order valence-electron chi connectivity index (χ2n) is 6.91. The Morgan fingerprint density at radius 3 is 2.30 bits per heavy atom. The maximum absolute atomic E-state index is 13.0. The van der Waals surface area contributed by atoms with Crippen LogP contribution in [0, 0.1) is 5.92 Å². The van der Waals surface area contributed by atoms with Crippen LogP contribution in [0.25, 0.3) is 10.8 Å². The van der Waals surface area contributed by atoms with Crippen LogP contribution in [-0.4, -0.2) is 47.8 Å². The van der Waals surface area contributed by atoms with Gasteiger partial charge in [-0.05, 0) is 29.7 Å². The van der Waals surface area contributed by atoms with E-state index in [-0.39, 0.29) is 17.7 Å². The van der Waals surface area contributed by atoms with Crippen molar-refractivity contribution in [2.24, 2.45) is 5.92 Å². The Morgan fingerprint density at radius 2 is 1.63 bits per heavy atom. The molecule has 1 aliphatic rings. The van der Waals surface area contributed by atoms with Gasteiger partial charge in [0.1, 0.15) is 0 Å². The molecule has 2 aromatic carbocycles. The summed E-state index contributed by atoms with van der Waals surface area (Å²) in [5.74, 6) is 0.139. The number of carbonyl (C=O) groups is 2. The molecule has 0 saturated carbocycles. The van der Waals surface area contributed by atoms with Crippen molar-refractivity contribution in [1.29, 1.82) is 0 Å². The molecule has 4 heteroatoms. The van der Waals surface area contributed by atoms with Gasteiger partial charge in [0.2, 0.25) is 5.91 Å². The van der Waals surface area contributed by atoms with Gasteiger partial charge < -0.3 is 9.80 Å². The third kappa shape index (κ3) is 4.11. The number of carbonyl (C=O) groups excluding carboxylic acids is 2. The molecule has 2 amide bonds. The average Bonchev–Trinajstić information content (AvgIpc) is 2.72. The highest BCUT2D eigenvalue weighted by atomic mass is 16.2. The Bertz CT molecular complexity index is 835. The first-order chi connectivity index (χ1) is 13.2. The quantitative estimate of drug-likeness (QED) is 0.732. The molecule has 0 aliphatic carbocycles. The molecule has 1 saturated heterocycles. The van der Waals surface area contributed by atoms with Gasteiger partial charge >= 0.3 is 0 Å². The maximum Gasteiger partial charge on any atom is 0.254 e. The molecule has 140 valence electrons. The number of nitrogens with zero attached hydrogens (tertiary/aromatic N) is 2. The van der Waals surface area contributed by atoms with E-state index in [1.165, 1.54) is 0 Å². The fourth-order valence-electron chi connectivity index (χ4n) is 3.74. The minimum atomic E-state index is -0.0403. The van der Waals surface area contributed by atoms with Gasteiger partial charge in [-0.1, -0.05) is 48.6 Å². The van der Waals surface area contributed by atoms with Crippen molar-refractivity contribution < 1.29 is 9.59 Å². The van der Waals surface area contributed by atoms with Crippen LogP contribution in [0.15, 0.2) is 67.8 Å². The van der Waals surface area contributed by atoms with Crippen LogP contribution >= 0.6 is 0 Å². The van der Waals surface area contributed by atoms with Crippen molar-refractivity contribution in [3.8, 4) is 0 Å². The van der Waals surface area contributed by atoms with E-state index in [9.17, 15) is 9.59 Å². The van der Waals surface area contributed by atoms with E-state index >= 15 is 0 Å².